The van der Waals surface area contributed by atoms with Gasteiger partial charge in [-0.3, -0.25) is 4.79 Å². The van der Waals surface area contributed by atoms with Crippen molar-refractivity contribution in [2.45, 2.75) is 29.4 Å². The molecule has 1 fully saturated rings. The summed E-state index contributed by atoms with van der Waals surface area (Å²) in [4.78, 5) is 12.9. The molecule has 0 aromatic heterocycles. The molecule has 1 aliphatic heterocycles. The van der Waals surface area contributed by atoms with Crippen LogP contribution in [-0.2, 0) is 0 Å². The number of carbonyl (C=O) groups is 1. The highest BCUT2D eigenvalue weighted by molar-refractivity contribution is 9.10. The van der Waals surface area contributed by atoms with Gasteiger partial charge in [-0.15, -0.1) is 12.6 Å². The van der Waals surface area contributed by atoms with Crippen LogP contribution < -0.4 is 5.32 Å². The fourth-order valence-electron chi connectivity index (χ4n) is 1.96. The maximum Gasteiger partial charge on any atom is 0.252 e. The third-order valence-corrected chi connectivity index (χ3v) is 5.33. The normalized spacial score (nSPS) is 19.6. The summed E-state index contributed by atoms with van der Waals surface area (Å²) < 4.78 is 0.814. The molecular weight excluding hydrogens is 330 g/mol. The van der Waals surface area contributed by atoms with Crippen LogP contribution in [0, 0.1) is 0 Å². The molecule has 0 aliphatic carbocycles. The molecule has 0 saturated carbocycles. The van der Waals surface area contributed by atoms with Gasteiger partial charge in [0.05, 0.1) is 5.56 Å². The Morgan fingerprint density at radius 3 is 3.06 bits per heavy atom. The Labute approximate surface area is 126 Å². The van der Waals surface area contributed by atoms with Crippen molar-refractivity contribution in [3.63, 3.8) is 0 Å². The summed E-state index contributed by atoms with van der Waals surface area (Å²) in [6.07, 6.45) is 3.80. The minimum atomic E-state index is -0.0241. The number of halogens is 1. The van der Waals surface area contributed by atoms with E-state index in [9.17, 15) is 4.79 Å². The van der Waals surface area contributed by atoms with Gasteiger partial charge in [0, 0.05) is 21.2 Å². The number of hydrogen-bond acceptors (Lipinski definition) is 3. The van der Waals surface area contributed by atoms with Crippen molar-refractivity contribution < 1.29 is 4.79 Å². The fourth-order valence-corrected chi connectivity index (χ4v) is 3.83. The zero-order chi connectivity index (χ0) is 13.0. The van der Waals surface area contributed by atoms with Gasteiger partial charge in [0.25, 0.3) is 5.91 Å². The van der Waals surface area contributed by atoms with Gasteiger partial charge in [-0.2, -0.15) is 11.8 Å². The van der Waals surface area contributed by atoms with E-state index in [1.807, 2.05) is 23.9 Å². The molecular formula is C13H16BrNOS2. The van der Waals surface area contributed by atoms with Gasteiger partial charge in [0.15, 0.2) is 0 Å². The molecule has 5 heteroatoms. The smallest absolute Gasteiger partial charge is 0.252 e. The number of benzene rings is 1. The van der Waals surface area contributed by atoms with Crippen molar-refractivity contribution in [1.29, 1.82) is 0 Å². The molecule has 0 radical (unpaired) electrons. The van der Waals surface area contributed by atoms with Crippen molar-refractivity contribution >= 4 is 46.2 Å². The molecule has 1 aromatic carbocycles. The summed E-state index contributed by atoms with van der Waals surface area (Å²) in [5.41, 5.74) is 0.656. The first-order valence-electron chi connectivity index (χ1n) is 6.05. The van der Waals surface area contributed by atoms with Crippen molar-refractivity contribution in [1.82, 2.24) is 5.32 Å². The van der Waals surface area contributed by atoms with Crippen LogP contribution in [0.4, 0.5) is 0 Å². The maximum atomic E-state index is 12.1. The molecule has 0 spiro atoms. The summed E-state index contributed by atoms with van der Waals surface area (Å²) in [5.74, 6) is 1.19. The van der Waals surface area contributed by atoms with Crippen LogP contribution in [0.1, 0.15) is 29.6 Å². The highest BCUT2D eigenvalue weighted by Crippen LogP contribution is 2.25. The molecule has 98 valence electrons. The minimum absolute atomic E-state index is 0.0241. The highest BCUT2D eigenvalue weighted by Gasteiger charge is 2.16. The second-order valence-electron chi connectivity index (χ2n) is 4.36. The fraction of sp³-hybridized carbons (Fsp3) is 0.462. The molecule has 18 heavy (non-hydrogen) atoms. The highest BCUT2D eigenvalue weighted by atomic mass is 79.9. The number of thiol groups is 1. The lowest BCUT2D eigenvalue weighted by atomic mass is 10.1. The summed E-state index contributed by atoms with van der Waals surface area (Å²) in [6, 6.07) is 5.50. The largest absolute Gasteiger partial charge is 0.351 e. The Morgan fingerprint density at radius 2 is 2.33 bits per heavy atom. The van der Waals surface area contributed by atoms with Gasteiger partial charge in [0.2, 0.25) is 0 Å². The number of carbonyl (C=O) groups excluding carboxylic acids is 1. The molecule has 1 aromatic rings. The average Bonchev–Trinajstić information content (AvgIpc) is 2.40. The van der Waals surface area contributed by atoms with Gasteiger partial charge in [-0.05, 0) is 52.7 Å². The molecule has 1 saturated heterocycles. The molecule has 1 heterocycles. The van der Waals surface area contributed by atoms with Crippen LogP contribution in [0.2, 0.25) is 0 Å². The number of nitrogens with one attached hydrogen (secondary N) is 1. The van der Waals surface area contributed by atoms with E-state index in [0.717, 1.165) is 15.9 Å². The van der Waals surface area contributed by atoms with Crippen LogP contribution >= 0.6 is 40.3 Å². The predicted molar refractivity (Wildman–Crippen MR) is 83.8 cm³/mol. The second kappa shape index (κ2) is 6.87. The quantitative estimate of drug-likeness (QED) is 0.816. The van der Waals surface area contributed by atoms with Crippen molar-refractivity contribution in [2.75, 3.05) is 12.3 Å². The summed E-state index contributed by atoms with van der Waals surface area (Å²) in [5, 5.41) is 3.58. The van der Waals surface area contributed by atoms with Crippen molar-refractivity contribution in [2.24, 2.45) is 0 Å². The molecule has 1 atom stereocenters. The van der Waals surface area contributed by atoms with Gasteiger partial charge in [-0.1, -0.05) is 6.42 Å². The lowest BCUT2D eigenvalue weighted by Gasteiger charge is -2.21. The van der Waals surface area contributed by atoms with E-state index in [2.05, 4.69) is 33.9 Å². The van der Waals surface area contributed by atoms with Crippen molar-refractivity contribution in [3.8, 4) is 0 Å². The monoisotopic (exact) mass is 345 g/mol. The number of amides is 1. The van der Waals surface area contributed by atoms with E-state index < -0.39 is 0 Å². The summed E-state index contributed by atoms with van der Waals surface area (Å²) in [7, 11) is 0. The topological polar surface area (TPSA) is 29.1 Å². The first-order chi connectivity index (χ1) is 8.66. The Bertz CT molecular complexity index is 433. The average molecular weight is 346 g/mol. The molecule has 2 nitrogen and oxygen atoms in total. The molecule has 1 unspecified atom stereocenters. The third-order valence-electron chi connectivity index (χ3n) is 2.96. The zero-order valence-corrected chi connectivity index (χ0v) is 13.3. The Balaban J connectivity index is 1.92. The van der Waals surface area contributed by atoms with E-state index in [-0.39, 0.29) is 5.91 Å². The number of hydrogen-bond donors (Lipinski definition) is 2. The molecule has 1 aliphatic rings. The van der Waals surface area contributed by atoms with Gasteiger partial charge < -0.3 is 5.32 Å². The second-order valence-corrected chi connectivity index (χ2v) is 7.14. The lowest BCUT2D eigenvalue weighted by Crippen LogP contribution is -2.32. The SMILES string of the molecule is O=C(NCC1CCCCS1)c1cc(S)ccc1Br. The third kappa shape index (κ3) is 3.93. The predicted octanol–water partition coefficient (Wildman–Crippen LogP) is 3.75. The number of thioether (sulfide) groups is 1. The Kier molecular flexibility index (Phi) is 5.45. The van der Waals surface area contributed by atoms with E-state index in [1.54, 1.807) is 6.07 Å². The van der Waals surface area contributed by atoms with Crippen LogP contribution in [0.15, 0.2) is 27.6 Å². The van der Waals surface area contributed by atoms with Gasteiger partial charge in [-0.25, -0.2) is 0 Å². The zero-order valence-electron chi connectivity index (χ0n) is 9.99. The van der Waals surface area contributed by atoms with Crippen LogP contribution in [0.5, 0.6) is 0 Å². The molecule has 1 amide bonds. The van der Waals surface area contributed by atoms with E-state index in [0.29, 0.717) is 10.8 Å². The van der Waals surface area contributed by atoms with E-state index >= 15 is 0 Å². The summed E-state index contributed by atoms with van der Waals surface area (Å²) in [6.45, 7) is 0.757. The van der Waals surface area contributed by atoms with Crippen LogP contribution in [0.3, 0.4) is 0 Å². The van der Waals surface area contributed by atoms with Crippen LogP contribution in [-0.4, -0.2) is 23.5 Å². The first kappa shape index (κ1) is 14.3. The van der Waals surface area contributed by atoms with Crippen molar-refractivity contribution in [3.05, 3.63) is 28.2 Å². The summed E-state index contributed by atoms with van der Waals surface area (Å²) >= 11 is 9.62. The Hall–Kier alpha value is -0.130. The van der Waals surface area contributed by atoms with E-state index in [4.69, 9.17) is 0 Å². The molecule has 1 N–H and O–H groups in total. The molecule has 2 rings (SSSR count). The van der Waals surface area contributed by atoms with Gasteiger partial charge in [0.1, 0.15) is 0 Å². The van der Waals surface area contributed by atoms with Crippen LogP contribution in [0.25, 0.3) is 0 Å². The molecule has 0 bridgehead atoms. The minimum Gasteiger partial charge on any atom is -0.351 e. The first-order valence-corrected chi connectivity index (χ1v) is 8.34. The standard InChI is InChI=1S/C13H16BrNOS2/c14-12-5-4-9(17)7-11(12)13(16)15-8-10-3-1-2-6-18-10/h4-5,7,10,17H,1-3,6,8H2,(H,15,16). The van der Waals surface area contributed by atoms with Gasteiger partial charge >= 0.3 is 0 Å². The van der Waals surface area contributed by atoms with E-state index in [1.165, 1.54) is 25.0 Å². The number of rotatable bonds is 3. The lowest BCUT2D eigenvalue weighted by molar-refractivity contribution is 0.0952. The Morgan fingerprint density at radius 1 is 1.50 bits per heavy atom. The maximum absolute atomic E-state index is 12.1.